The highest BCUT2D eigenvalue weighted by Crippen LogP contribution is 2.27. The number of carbonyl (C=O) groups is 1. The SMILES string of the molecule is COc1ccc(NC(=O)c2ccsc2)cc1Cl. The predicted molar refractivity (Wildman–Crippen MR) is 70.3 cm³/mol. The Bertz CT molecular complexity index is 525. The second kappa shape index (κ2) is 5.21. The van der Waals surface area contributed by atoms with Gasteiger partial charge in [0.15, 0.2) is 0 Å². The van der Waals surface area contributed by atoms with Crippen LogP contribution < -0.4 is 10.1 Å². The molecule has 1 amide bonds. The van der Waals surface area contributed by atoms with Crippen LogP contribution in [0.3, 0.4) is 0 Å². The molecule has 2 rings (SSSR count). The maximum absolute atomic E-state index is 11.8. The lowest BCUT2D eigenvalue weighted by molar-refractivity contribution is 0.102. The number of carbonyl (C=O) groups excluding carboxylic acids is 1. The van der Waals surface area contributed by atoms with Crippen LogP contribution in [0, 0.1) is 0 Å². The molecule has 1 aromatic heterocycles. The van der Waals surface area contributed by atoms with Crippen molar-refractivity contribution in [2.45, 2.75) is 0 Å². The molecule has 0 aliphatic carbocycles. The Balaban J connectivity index is 2.14. The molecule has 17 heavy (non-hydrogen) atoms. The number of benzene rings is 1. The molecular weight excluding hydrogens is 258 g/mol. The summed E-state index contributed by atoms with van der Waals surface area (Å²) in [4.78, 5) is 11.8. The number of nitrogens with one attached hydrogen (secondary N) is 1. The first kappa shape index (κ1) is 12.0. The van der Waals surface area contributed by atoms with Gasteiger partial charge in [-0.05, 0) is 29.6 Å². The lowest BCUT2D eigenvalue weighted by atomic mass is 10.2. The second-order valence-electron chi connectivity index (χ2n) is 3.32. The Labute approximate surface area is 108 Å². The number of halogens is 1. The standard InChI is InChI=1S/C12H10ClNO2S/c1-16-11-3-2-9(6-10(11)13)14-12(15)8-4-5-17-7-8/h2-7H,1H3,(H,14,15). The Kier molecular flexibility index (Phi) is 3.66. The molecular formula is C12H10ClNO2S. The average molecular weight is 268 g/mol. The van der Waals surface area contributed by atoms with Crippen LogP contribution in [0.15, 0.2) is 35.0 Å². The zero-order valence-electron chi connectivity index (χ0n) is 9.07. The van der Waals surface area contributed by atoms with E-state index in [0.717, 1.165) is 0 Å². The largest absolute Gasteiger partial charge is 0.495 e. The van der Waals surface area contributed by atoms with Gasteiger partial charge in [0.1, 0.15) is 5.75 Å². The molecule has 0 saturated heterocycles. The maximum Gasteiger partial charge on any atom is 0.256 e. The van der Waals surface area contributed by atoms with Crippen LogP contribution in [0.2, 0.25) is 5.02 Å². The van der Waals surface area contributed by atoms with Crippen LogP contribution in [-0.2, 0) is 0 Å². The van der Waals surface area contributed by atoms with E-state index in [1.54, 1.807) is 36.8 Å². The van der Waals surface area contributed by atoms with Crippen LogP contribution in [0.5, 0.6) is 5.75 Å². The third-order valence-corrected chi connectivity index (χ3v) is 3.17. The van der Waals surface area contributed by atoms with Crippen molar-refractivity contribution in [1.29, 1.82) is 0 Å². The minimum atomic E-state index is -0.146. The van der Waals surface area contributed by atoms with Crippen molar-refractivity contribution < 1.29 is 9.53 Å². The third kappa shape index (κ3) is 2.78. The normalized spacial score (nSPS) is 10.0. The number of hydrogen-bond acceptors (Lipinski definition) is 3. The highest BCUT2D eigenvalue weighted by atomic mass is 35.5. The smallest absolute Gasteiger partial charge is 0.256 e. The lowest BCUT2D eigenvalue weighted by Gasteiger charge is -2.07. The second-order valence-corrected chi connectivity index (χ2v) is 4.50. The topological polar surface area (TPSA) is 38.3 Å². The fourth-order valence-electron chi connectivity index (χ4n) is 1.34. The number of rotatable bonds is 3. The van der Waals surface area contributed by atoms with E-state index in [2.05, 4.69) is 5.32 Å². The molecule has 0 saturated carbocycles. The van der Waals surface area contributed by atoms with Gasteiger partial charge < -0.3 is 10.1 Å². The van der Waals surface area contributed by atoms with E-state index >= 15 is 0 Å². The van der Waals surface area contributed by atoms with Crippen LogP contribution >= 0.6 is 22.9 Å². The molecule has 3 nitrogen and oxygen atoms in total. The fraction of sp³-hybridized carbons (Fsp3) is 0.0833. The maximum atomic E-state index is 11.8. The van der Waals surface area contributed by atoms with Gasteiger partial charge in [-0.2, -0.15) is 11.3 Å². The first-order valence-electron chi connectivity index (χ1n) is 4.88. The Morgan fingerprint density at radius 1 is 1.41 bits per heavy atom. The van der Waals surface area contributed by atoms with Gasteiger partial charge in [-0.25, -0.2) is 0 Å². The van der Waals surface area contributed by atoms with Gasteiger partial charge in [-0.3, -0.25) is 4.79 Å². The van der Waals surface area contributed by atoms with Crippen molar-refractivity contribution >= 4 is 34.5 Å². The molecule has 88 valence electrons. The van der Waals surface area contributed by atoms with E-state index < -0.39 is 0 Å². The Morgan fingerprint density at radius 2 is 2.24 bits per heavy atom. The molecule has 0 fully saturated rings. The van der Waals surface area contributed by atoms with E-state index in [-0.39, 0.29) is 5.91 Å². The number of anilines is 1. The molecule has 1 N–H and O–H groups in total. The molecule has 0 unspecified atom stereocenters. The highest BCUT2D eigenvalue weighted by Gasteiger charge is 2.07. The van der Waals surface area contributed by atoms with Gasteiger partial charge >= 0.3 is 0 Å². The Morgan fingerprint density at radius 3 is 2.82 bits per heavy atom. The Hall–Kier alpha value is -1.52. The molecule has 0 aliphatic rings. The van der Waals surface area contributed by atoms with Crippen molar-refractivity contribution in [3.63, 3.8) is 0 Å². The van der Waals surface area contributed by atoms with Crippen molar-refractivity contribution in [2.24, 2.45) is 0 Å². The first-order valence-corrected chi connectivity index (χ1v) is 6.20. The molecule has 0 atom stereocenters. The molecule has 1 heterocycles. The summed E-state index contributed by atoms with van der Waals surface area (Å²) < 4.78 is 5.03. The third-order valence-electron chi connectivity index (χ3n) is 2.19. The summed E-state index contributed by atoms with van der Waals surface area (Å²) in [5.41, 5.74) is 1.29. The van der Waals surface area contributed by atoms with Gasteiger partial charge in [0.25, 0.3) is 5.91 Å². The van der Waals surface area contributed by atoms with Crippen LogP contribution in [0.1, 0.15) is 10.4 Å². The van der Waals surface area contributed by atoms with Gasteiger partial charge in [-0.1, -0.05) is 11.6 Å². The minimum absolute atomic E-state index is 0.146. The van der Waals surface area contributed by atoms with Gasteiger partial charge in [-0.15, -0.1) is 0 Å². The van der Waals surface area contributed by atoms with Gasteiger partial charge in [0.2, 0.25) is 0 Å². The van der Waals surface area contributed by atoms with E-state index in [0.29, 0.717) is 22.0 Å². The summed E-state index contributed by atoms with van der Waals surface area (Å²) in [6, 6.07) is 6.89. The molecule has 0 spiro atoms. The van der Waals surface area contributed by atoms with Gasteiger partial charge in [0, 0.05) is 11.1 Å². The molecule has 0 radical (unpaired) electrons. The number of hydrogen-bond donors (Lipinski definition) is 1. The van der Waals surface area contributed by atoms with Gasteiger partial charge in [0.05, 0.1) is 17.7 Å². The number of thiophene rings is 1. The summed E-state index contributed by atoms with van der Waals surface area (Å²) >= 11 is 7.44. The van der Waals surface area contributed by atoms with Crippen molar-refractivity contribution in [3.8, 4) is 5.75 Å². The van der Waals surface area contributed by atoms with E-state index in [9.17, 15) is 4.79 Å². The number of methoxy groups -OCH3 is 1. The van der Waals surface area contributed by atoms with Crippen LogP contribution in [-0.4, -0.2) is 13.0 Å². The van der Waals surface area contributed by atoms with Crippen LogP contribution in [0.25, 0.3) is 0 Å². The van der Waals surface area contributed by atoms with E-state index in [1.165, 1.54) is 11.3 Å². The summed E-state index contributed by atoms with van der Waals surface area (Å²) in [5, 5.41) is 6.88. The zero-order valence-corrected chi connectivity index (χ0v) is 10.6. The molecule has 0 aliphatic heterocycles. The van der Waals surface area contributed by atoms with E-state index in [1.807, 2.05) is 5.38 Å². The predicted octanol–water partition coefficient (Wildman–Crippen LogP) is 3.66. The zero-order chi connectivity index (χ0) is 12.3. The lowest BCUT2D eigenvalue weighted by Crippen LogP contribution is -2.10. The molecule has 0 bridgehead atoms. The summed E-state index contributed by atoms with van der Waals surface area (Å²) in [7, 11) is 1.55. The number of amides is 1. The van der Waals surface area contributed by atoms with Crippen molar-refractivity contribution in [1.82, 2.24) is 0 Å². The summed E-state index contributed by atoms with van der Waals surface area (Å²) in [6.45, 7) is 0. The number of ether oxygens (including phenoxy) is 1. The highest BCUT2D eigenvalue weighted by molar-refractivity contribution is 7.08. The average Bonchev–Trinajstić information content (AvgIpc) is 2.82. The van der Waals surface area contributed by atoms with Crippen LogP contribution in [0.4, 0.5) is 5.69 Å². The van der Waals surface area contributed by atoms with E-state index in [4.69, 9.17) is 16.3 Å². The fourth-order valence-corrected chi connectivity index (χ4v) is 2.23. The minimum Gasteiger partial charge on any atom is -0.495 e. The van der Waals surface area contributed by atoms with Crippen molar-refractivity contribution in [2.75, 3.05) is 12.4 Å². The quantitative estimate of drug-likeness (QED) is 0.922. The molecule has 1 aromatic carbocycles. The summed E-state index contributed by atoms with van der Waals surface area (Å²) in [6.07, 6.45) is 0. The monoisotopic (exact) mass is 267 g/mol. The molecule has 5 heteroatoms. The first-order chi connectivity index (χ1) is 8.20. The molecule has 2 aromatic rings. The summed E-state index contributed by atoms with van der Waals surface area (Å²) in [5.74, 6) is 0.438. The van der Waals surface area contributed by atoms with Crippen molar-refractivity contribution in [3.05, 3.63) is 45.6 Å².